The number of halogens is 4. The first-order valence-corrected chi connectivity index (χ1v) is 8.10. The Kier molecular flexibility index (Phi) is 4.06. The van der Waals surface area contributed by atoms with Crippen molar-refractivity contribution in [1.29, 1.82) is 0 Å². The summed E-state index contributed by atoms with van der Waals surface area (Å²) in [5.41, 5.74) is 0.127. The molecule has 0 unspecified atom stereocenters. The molecule has 0 bridgehead atoms. The first-order valence-electron chi connectivity index (χ1n) is 7.72. The minimum atomic E-state index is -4.49. The molecule has 0 saturated heterocycles. The standard InChI is InChI=1S/C18H17ClF3N3/c1-10-15-13(18(20,21)22)9-14(17(2,3)4)23-16(15)25(24-10)12-7-5-6-11(19)8-12/h5-9H,1-4H3. The summed E-state index contributed by atoms with van der Waals surface area (Å²) in [5, 5.41) is 4.78. The van der Waals surface area contributed by atoms with Gasteiger partial charge in [-0.15, -0.1) is 0 Å². The molecule has 0 fully saturated rings. The van der Waals surface area contributed by atoms with Gasteiger partial charge in [-0.1, -0.05) is 38.4 Å². The molecule has 25 heavy (non-hydrogen) atoms. The van der Waals surface area contributed by atoms with Crippen LogP contribution in [0.25, 0.3) is 16.7 Å². The van der Waals surface area contributed by atoms with Gasteiger partial charge >= 0.3 is 6.18 Å². The molecule has 0 aliphatic rings. The molecule has 0 amide bonds. The largest absolute Gasteiger partial charge is 0.417 e. The minimum absolute atomic E-state index is 0.0143. The van der Waals surface area contributed by atoms with Crippen molar-refractivity contribution < 1.29 is 13.2 Å². The van der Waals surface area contributed by atoms with E-state index in [-0.39, 0.29) is 16.7 Å². The van der Waals surface area contributed by atoms with Crippen LogP contribution in [0.4, 0.5) is 13.2 Å². The smallest absolute Gasteiger partial charge is 0.232 e. The van der Waals surface area contributed by atoms with E-state index >= 15 is 0 Å². The minimum Gasteiger partial charge on any atom is -0.232 e. The van der Waals surface area contributed by atoms with Crippen LogP contribution in [0.2, 0.25) is 5.02 Å². The fraction of sp³-hybridized carbons (Fsp3) is 0.333. The van der Waals surface area contributed by atoms with Crippen molar-refractivity contribution in [3.8, 4) is 5.69 Å². The van der Waals surface area contributed by atoms with Gasteiger partial charge in [-0.2, -0.15) is 18.3 Å². The summed E-state index contributed by atoms with van der Waals surface area (Å²) in [5.74, 6) is 0. The molecule has 3 aromatic rings. The SMILES string of the molecule is Cc1nn(-c2cccc(Cl)c2)c2nc(C(C)(C)C)cc(C(F)(F)F)c12. The predicted octanol–water partition coefficient (Wildman–Crippen LogP) is 5.70. The Labute approximate surface area is 148 Å². The number of pyridine rings is 1. The molecule has 0 atom stereocenters. The quantitative estimate of drug-likeness (QED) is 0.552. The van der Waals surface area contributed by atoms with Crippen LogP contribution in [0.5, 0.6) is 0 Å². The molecule has 0 spiro atoms. The van der Waals surface area contributed by atoms with E-state index in [0.717, 1.165) is 6.07 Å². The van der Waals surface area contributed by atoms with Crippen molar-refractivity contribution in [2.75, 3.05) is 0 Å². The number of alkyl halides is 3. The second-order valence-corrected chi connectivity index (χ2v) is 7.41. The van der Waals surface area contributed by atoms with Crippen molar-refractivity contribution in [2.24, 2.45) is 0 Å². The highest BCUT2D eigenvalue weighted by molar-refractivity contribution is 6.30. The van der Waals surface area contributed by atoms with E-state index in [1.807, 2.05) is 20.8 Å². The van der Waals surface area contributed by atoms with Gasteiger partial charge in [0.2, 0.25) is 0 Å². The monoisotopic (exact) mass is 367 g/mol. The normalized spacial score (nSPS) is 12.8. The van der Waals surface area contributed by atoms with Gasteiger partial charge in [0.1, 0.15) is 0 Å². The summed E-state index contributed by atoms with van der Waals surface area (Å²) in [4.78, 5) is 4.50. The number of fused-ring (bicyclic) bond motifs is 1. The molecule has 0 aliphatic heterocycles. The zero-order valence-electron chi connectivity index (χ0n) is 14.2. The Hall–Kier alpha value is -2.08. The Balaban J connectivity index is 2.42. The number of nitrogens with zero attached hydrogens (tertiary/aromatic N) is 3. The zero-order chi connectivity index (χ0) is 18.6. The maximum absolute atomic E-state index is 13.7. The lowest BCUT2D eigenvalue weighted by atomic mass is 9.90. The number of hydrogen-bond acceptors (Lipinski definition) is 2. The van der Waals surface area contributed by atoms with Gasteiger partial charge in [0.05, 0.1) is 22.3 Å². The number of hydrogen-bond donors (Lipinski definition) is 0. The van der Waals surface area contributed by atoms with Gasteiger partial charge < -0.3 is 0 Å². The predicted molar refractivity (Wildman–Crippen MR) is 92.3 cm³/mol. The molecule has 2 heterocycles. The molecule has 0 aliphatic carbocycles. The van der Waals surface area contributed by atoms with E-state index in [2.05, 4.69) is 10.1 Å². The van der Waals surface area contributed by atoms with E-state index in [4.69, 9.17) is 11.6 Å². The van der Waals surface area contributed by atoms with Crippen molar-refractivity contribution >= 4 is 22.6 Å². The van der Waals surface area contributed by atoms with Crippen LogP contribution in [-0.4, -0.2) is 14.8 Å². The second-order valence-electron chi connectivity index (χ2n) is 6.98. The van der Waals surface area contributed by atoms with Gasteiger partial charge in [0, 0.05) is 16.1 Å². The van der Waals surface area contributed by atoms with Crippen LogP contribution >= 0.6 is 11.6 Å². The van der Waals surface area contributed by atoms with E-state index in [9.17, 15) is 13.2 Å². The van der Waals surface area contributed by atoms with Crippen molar-refractivity contribution in [2.45, 2.75) is 39.3 Å². The Bertz CT molecular complexity index is 953. The highest BCUT2D eigenvalue weighted by Gasteiger charge is 2.36. The van der Waals surface area contributed by atoms with Crippen LogP contribution < -0.4 is 0 Å². The number of aryl methyl sites for hydroxylation is 1. The summed E-state index contributed by atoms with van der Waals surface area (Å²) >= 11 is 6.02. The Morgan fingerprint density at radius 1 is 1.08 bits per heavy atom. The summed E-state index contributed by atoms with van der Waals surface area (Å²) in [6.45, 7) is 7.04. The molecule has 3 rings (SSSR count). The summed E-state index contributed by atoms with van der Waals surface area (Å²) in [7, 11) is 0. The number of aromatic nitrogens is 3. The molecule has 1 aromatic carbocycles. The van der Waals surface area contributed by atoms with Gasteiger partial charge in [-0.3, -0.25) is 0 Å². The van der Waals surface area contributed by atoms with Crippen LogP contribution in [-0.2, 0) is 11.6 Å². The molecule has 0 saturated carbocycles. The van der Waals surface area contributed by atoms with Gasteiger partial charge in [0.15, 0.2) is 5.65 Å². The van der Waals surface area contributed by atoms with E-state index < -0.39 is 17.2 Å². The Morgan fingerprint density at radius 2 is 1.76 bits per heavy atom. The summed E-state index contributed by atoms with van der Waals surface area (Å²) in [6.07, 6.45) is -4.49. The lowest BCUT2D eigenvalue weighted by molar-refractivity contribution is -0.136. The van der Waals surface area contributed by atoms with Gasteiger partial charge in [0.25, 0.3) is 0 Å². The molecular weight excluding hydrogens is 351 g/mol. The third kappa shape index (κ3) is 3.23. The average Bonchev–Trinajstić information content (AvgIpc) is 2.82. The van der Waals surface area contributed by atoms with E-state index in [0.29, 0.717) is 16.4 Å². The topological polar surface area (TPSA) is 30.7 Å². The fourth-order valence-electron chi connectivity index (χ4n) is 2.68. The second kappa shape index (κ2) is 5.73. The first kappa shape index (κ1) is 17.7. The Morgan fingerprint density at radius 3 is 2.32 bits per heavy atom. The number of benzene rings is 1. The van der Waals surface area contributed by atoms with Crippen molar-refractivity contribution in [3.63, 3.8) is 0 Å². The summed E-state index contributed by atoms with van der Waals surface area (Å²) < 4.78 is 42.4. The maximum atomic E-state index is 13.7. The van der Waals surface area contributed by atoms with Crippen LogP contribution in [0.3, 0.4) is 0 Å². The number of rotatable bonds is 1. The summed E-state index contributed by atoms with van der Waals surface area (Å²) in [6, 6.07) is 7.92. The van der Waals surface area contributed by atoms with Crippen molar-refractivity contribution in [3.05, 3.63) is 52.3 Å². The highest BCUT2D eigenvalue weighted by atomic mass is 35.5. The molecular formula is C18H17ClF3N3. The van der Waals surface area contributed by atoms with Gasteiger partial charge in [-0.05, 0) is 31.2 Å². The highest BCUT2D eigenvalue weighted by Crippen LogP contribution is 2.38. The molecule has 0 radical (unpaired) electrons. The first-order chi connectivity index (χ1) is 11.5. The lowest BCUT2D eigenvalue weighted by Gasteiger charge is -2.20. The lowest BCUT2D eigenvalue weighted by Crippen LogP contribution is -2.17. The third-order valence-corrected chi connectivity index (χ3v) is 4.17. The zero-order valence-corrected chi connectivity index (χ0v) is 15.0. The molecule has 2 aromatic heterocycles. The molecule has 0 N–H and O–H groups in total. The van der Waals surface area contributed by atoms with E-state index in [1.165, 1.54) is 4.68 Å². The van der Waals surface area contributed by atoms with Gasteiger partial charge in [-0.25, -0.2) is 9.67 Å². The van der Waals surface area contributed by atoms with E-state index in [1.54, 1.807) is 31.2 Å². The van der Waals surface area contributed by atoms with Crippen LogP contribution in [0, 0.1) is 6.92 Å². The molecule has 7 heteroatoms. The molecule has 132 valence electrons. The van der Waals surface area contributed by atoms with Crippen LogP contribution in [0.1, 0.15) is 37.7 Å². The van der Waals surface area contributed by atoms with Crippen molar-refractivity contribution in [1.82, 2.24) is 14.8 Å². The average molecular weight is 368 g/mol. The fourth-order valence-corrected chi connectivity index (χ4v) is 2.87. The third-order valence-electron chi connectivity index (χ3n) is 3.94. The maximum Gasteiger partial charge on any atom is 0.417 e. The molecule has 3 nitrogen and oxygen atoms in total. The van der Waals surface area contributed by atoms with Crippen LogP contribution in [0.15, 0.2) is 30.3 Å².